The molecule has 90 valence electrons. The fraction of sp³-hybridized carbons (Fsp3) is 1.00. The Labute approximate surface area is 101 Å². The Kier molecular flexibility index (Phi) is 5.52. The minimum absolute atomic E-state index is 0.854. The molecular weight excluding hydrogens is 200 g/mol. The number of hydrogen-bond donors (Lipinski definition) is 0. The van der Waals surface area contributed by atoms with Crippen molar-refractivity contribution in [1.82, 2.24) is 0 Å². The Bertz CT molecular complexity index is 176. The summed E-state index contributed by atoms with van der Waals surface area (Å²) in [5, 5.41) is 1.81. The summed E-state index contributed by atoms with van der Waals surface area (Å²) in [6.07, 6.45) is 5.74. The van der Waals surface area contributed by atoms with Gasteiger partial charge < -0.3 is 0 Å². The maximum atomic E-state index is 2.44. The minimum Gasteiger partial charge on any atom is -0.155 e. The summed E-state index contributed by atoms with van der Waals surface area (Å²) >= 11 is 2.25. The third-order valence-electron chi connectivity index (χ3n) is 3.78. The molecule has 0 nitrogen and oxygen atoms in total. The van der Waals surface area contributed by atoms with Crippen LogP contribution in [0.5, 0.6) is 0 Å². The van der Waals surface area contributed by atoms with Crippen LogP contribution in [-0.2, 0) is 0 Å². The number of thioether (sulfide) groups is 1. The van der Waals surface area contributed by atoms with Crippen LogP contribution in [0.4, 0.5) is 0 Å². The molecule has 0 N–H and O–H groups in total. The number of rotatable bonds is 4. The van der Waals surface area contributed by atoms with Crippen molar-refractivity contribution in [2.24, 2.45) is 17.8 Å². The van der Waals surface area contributed by atoms with E-state index >= 15 is 0 Å². The molecule has 1 saturated carbocycles. The van der Waals surface area contributed by atoms with Crippen molar-refractivity contribution < 1.29 is 0 Å². The van der Waals surface area contributed by atoms with Gasteiger partial charge in [-0.1, -0.05) is 34.6 Å². The SMILES string of the molecule is CC(C)CC(C)SC1CCC(C)C(C)C1. The first-order valence-corrected chi connectivity index (χ1v) is 7.58. The summed E-state index contributed by atoms with van der Waals surface area (Å²) in [7, 11) is 0. The number of hydrogen-bond acceptors (Lipinski definition) is 1. The highest BCUT2D eigenvalue weighted by Gasteiger charge is 2.25. The van der Waals surface area contributed by atoms with Gasteiger partial charge in [-0.15, -0.1) is 0 Å². The van der Waals surface area contributed by atoms with Crippen molar-refractivity contribution in [3.63, 3.8) is 0 Å². The highest BCUT2D eigenvalue weighted by Crippen LogP contribution is 2.38. The Morgan fingerprint density at radius 2 is 1.73 bits per heavy atom. The van der Waals surface area contributed by atoms with Crippen molar-refractivity contribution in [2.75, 3.05) is 0 Å². The molecule has 0 aromatic heterocycles. The molecule has 15 heavy (non-hydrogen) atoms. The standard InChI is InChI=1S/C14H28S/c1-10(2)8-13(5)15-14-7-6-11(3)12(4)9-14/h10-14H,6-9H2,1-5H3. The van der Waals surface area contributed by atoms with Crippen molar-refractivity contribution in [2.45, 2.75) is 70.8 Å². The predicted octanol–water partition coefficient (Wildman–Crippen LogP) is 4.98. The third kappa shape index (κ3) is 4.80. The van der Waals surface area contributed by atoms with Gasteiger partial charge in [0.25, 0.3) is 0 Å². The molecule has 0 bridgehead atoms. The van der Waals surface area contributed by atoms with Crippen molar-refractivity contribution >= 4 is 11.8 Å². The van der Waals surface area contributed by atoms with Gasteiger partial charge in [0.15, 0.2) is 0 Å². The maximum Gasteiger partial charge on any atom is 0.00524 e. The highest BCUT2D eigenvalue weighted by atomic mass is 32.2. The fourth-order valence-electron chi connectivity index (χ4n) is 2.67. The maximum absolute atomic E-state index is 2.44. The molecule has 0 aromatic carbocycles. The monoisotopic (exact) mass is 228 g/mol. The van der Waals surface area contributed by atoms with E-state index in [1.165, 1.54) is 25.7 Å². The molecule has 0 heterocycles. The molecule has 1 aliphatic rings. The zero-order valence-electron chi connectivity index (χ0n) is 11.1. The average Bonchev–Trinajstić information content (AvgIpc) is 2.10. The first kappa shape index (κ1) is 13.4. The van der Waals surface area contributed by atoms with E-state index in [1.807, 2.05) is 0 Å². The molecule has 0 spiro atoms. The van der Waals surface area contributed by atoms with Crippen LogP contribution in [0.3, 0.4) is 0 Å². The van der Waals surface area contributed by atoms with Crippen LogP contribution in [0, 0.1) is 17.8 Å². The summed E-state index contributed by atoms with van der Waals surface area (Å²) in [5.41, 5.74) is 0. The van der Waals surface area contributed by atoms with Crippen molar-refractivity contribution in [1.29, 1.82) is 0 Å². The van der Waals surface area contributed by atoms with Gasteiger partial charge in [0.1, 0.15) is 0 Å². The first-order valence-electron chi connectivity index (χ1n) is 6.64. The molecule has 4 unspecified atom stereocenters. The summed E-state index contributed by atoms with van der Waals surface area (Å²) < 4.78 is 0. The van der Waals surface area contributed by atoms with E-state index in [-0.39, 0.29) is 0 Å². The topological polar surface area (TPSA) is 0 Å². The van der Waals surface area contributed by atoms with Crippen LogP contribution in [0.25, 0.3) is 0 Å². The van der Waals surface area contributed by atoms with Crippen LogP contribution in [0.2, 0.25) is 0 Å². The predicted molar refractivity (Wildman–Crippen MR) is 72.5 cm³/mol. The molecule has 0 aliphatic heterocycles. The Morgan fingerprint density at radius 1 is 1.07 bits per heavy atom. The third-order valence-corrected chi connectivity index (χ3v) is 5.25. The second-order valence-corrected chi connectivity index (χ2v) is 7.71. The zero-order valence-corrected chi connectivity index (χ0v) is 11.9. The van der Waals surface area contributed by atoms with E-state index < -0.39 is 0 Å². The largest absolute Gasteiger partial charge is 0.155 e. The van der Waals surface area contributed by atoms with Gasteiger partial charge in [0.05, 0.1) is 0 Å². The van der Waals surface area contributed by atoms with Gasteiger partial charge in [-0.25, -0.2) is 0 Å². The lowest BCUT2D eigenvalue weighted by atomic mass is 9.81. The zero-order chi connectivity index (χ0) is 11.4. The van der Waals surface area contributed by atoms with E-state index in [0.29, 0.717) is 0 Å². The van der Waals surface area contributed by atoms with Crippen LogP contribution >= 0.6 is 11.8 Å². The molecule has 4 atom stereocenters. The van der Waals surface area contributed by atoms with Crippen molar-refractivity contribution in [3.05, 3.63) is 0 Å². The molecule has 1 heteroatoms. The minimum atomic E-state index is 0.854. The Hall–Kier alpha value is 0.350. The molecule has 0 aromatic rings. The Morgan fingerprint density at radius 3 is 2.27 bits per heavy atom. The van der Waals surface area contributed by atoms with E-state index in [9.17, 15) is 0 Å². The smallest absolute Gasteiger partial charge is 0.00524 e. The molecule has 0 saturated heterocycles. The van der Waals surface area contributed by atoms with Crippen LogP contribution < -0.4 is 0 Å². The summed E-state index contributed by atoms with van der Waals surface area (Å²) in [6, 6.07) is 0. The molecule has 1 aliphatic carbocycles. The van der Waals surface area contributed by atoms with E-state index in [0.717, 1.165) is 28.3 Å². The fourth-order valence-corrected chi connectivity index (χ4v) is 4.51. The van der Waals surface area contributed by atoms with Gasteiger partial charge in [0.2, 0.25) is 0 Å². The lowest BCUT2D eigenvalue weighted by Crippen LogP contribution is -2.24. The second kappa shape index (κ2) is 6.18. The van der Waals surface area contributed by atoms with Gasteiger partial charge in [-0.3, -0.25) is 0 Å². The molecule has 0 radical (unpaired) electrons. The van der Waals surface area contributed by atoms with Crippen LogP contribution in [0.1, 0.15) is 60.3 Å². The molecule has 0 amide bonds. The first-order chi connectivity index (χ1) is 6.99. The van der Waals surface area contributed by atoms with Gasteiger partial charge >= 0.3 is 0 Å². The van der Waals surface area contributed by atoms with Gasteiger partial charge in [0, 0.05) is 10.5 Å². The Balaban J connectivity index is 2.27. The van der Waals surface area contributed by atoms with Gasteiger partial charge in [-0.2, -0.15) is 11.8 Å². The summed E-state index contributed by atoms with van der Waals surface area (Å²) in [4.78, 5) is 0. The van der Waals surface area contributed by atoms with Crippen LogP contribution in [-0.4, -0.2) is 10.5 Å². The summed E-state index contributed by atoms with van der Waals surface area (Å²) in [6.45, 7) is 11.9. The lowest BCUT2D eigenvalue weighted by Gasteiger charge is -2.33. The quantitative estimate of drug-likeness (QED) is 0.654. The highest BCUT2D eigenvalue weighted by molar-refractivity contribution is 8.00. The van der Waals surface area contributed by atoms with E-state index in [2.05, 4.69) is 46.4 Å². The molecular formula is C14H28S. The summed E-state index contributed by atoms with van der Waals surface area (Å²) in [5.74, 6) is 2.76. The van der Waals surface area contributed by atoms with Crippen molar-refractivity contribution in [3.8, 4) is 0 Å². The van der Waals surface area contributed by atoms with E-state index in [4.69, 9.17) is 0 Å². The normalized spacial score (nSPS) is 34.4. The van der Waals surface area contributed by atoms with Gasteiger partial charge in [-0.05, 0) is 43.4 Å². The molecule has 1 fully saturated rings. The van der Waals surface area contributed by atoms with E-state index in [1.54, 1.807) is 0 Å². The molecule has 1 rings (SSSR count). The second-order valence-electron chi connectivity index (χ2n) is 5.97. The lowest BCUT2D eigenvalue weighted by molar-refractivity contribution is 0.283. The average molecular weight is 228 g/mol. The van der Waals surface area contributed by atoms with Crippen LogP contribution in [0.15, 0.2) is 0 Å².